The highest BCUT2D eigenvalue weighted by molar-refractivity contribution is 9.10. The normalized spacial score (nSPS) is 10.0. The van der Waals surface area contributed by atoms with Crippen molar-refractivity contribution in [1.82, 2.24) is 10.3 Å². The number of halogens is 1. The third kappa shape index (κ3) is 3.52. The monoisotopic (exact) mass is 320 g/mol. The van der Waals surface area contributed by atoms with Crippen LogP contribution >= 0.6 is 15.9 Å². The average Bonchev–Trinajstić information content (AvgIpc) is 2.46. The number of pyridine rings is 1. The van der Waals surface area contributed by atoms with Crippen LogP contribution < -0.4 is 16.6 Å². The van der Waals surface area contributed by atoms with Gasteiger partial charge in [0.1, 0.15) is 5.69 Å². The molecule has 0 fully saturated rings. The summed E-state index contributed by atoms with van der Waals surface area (Å²) in [4.78, 5) is 15.9. The van der Waals surface area contributed by atoms with Crippen molar-refractivity contribution in [2.75, 3.05) is 5.43 Å². The first-order chi connectivity index (χ1) is 9.20. The van der Waals surface area contributed by atoms with E-state index >= 15 is 0 Å². The first kappa shape index (κ1) is 13.5. The SMILES string of the molecule is NNc1ccnc(C(=O)NCc2ccccc2Br)c1. The highest BCUT2D eigenvalue weighted by Gasteiger charge is 2.08. The Balaban J connectivity index is 2.03. The van der Waals surface area contributed by atoms with Crippen molar-refractivity contribution in [1.29, 1.82) is 0 Å². The quantitative estimate of drug-likeness (QED) is 0.595. The number of nitrogens with zero attached hydrogens (tertiary/aromatic N) is 1. The number of carbonyl (C=O) groups excluding carboxylic acids is 1. The summed E-state index contributed by atoms with van der Waals surface area (Å²) in [6.45, 7) is 0.433. The van der Waals surface area contributed by atoms with Gasteiger partial charge in [-0.05, 0) is 23.8 Å². The first-order valence-electron chi connectivity index (χ1n) is 5.65. The minimum Gasteiger partial charge on any atom is -0.347 e. The lowest BCUT2D eigenvalue weighted by Crippen LogP contribution is -2.24. The standard InChI is InChI=1S/C13H13BrN4O/c14-11-4-2-1-3-9(11)8-17-13(19)12-7-10(18-15)5-6-16-12/h1-7H,8,15H2,(H,16,18)(H,17,19). The van der Waals surface area contributed by atoms with E-state index in [9.17, 15) is 4.79 Å². The lowest BCUT2D eigenvalue weighted by molar-refractivity contribution is 0.0946. The maximum absolute atomic E-state index is 11.9. The molecule has 0 atom stereocenters. The summed E-state index contributed by atoms with van der Waals surface area (Å²) in [5.74, 6) is 5.05. The van der Waals surface area contributed by atoms with Crippen LogP contribution in [0.5, 0.6) is 0 Å². The second-order valence-corrected chi connectivity index (χ2v) is 4.70. The Hall–Kier alpha value is -1.92. The third-order valence-electron chi connectivity index (χ3n) is 2.56. The molecule has 1 aromatic carbocycles. The summed E-state index contributed by atoms with van der Waals surface area (Å²) in [7, 11) is 0. The van der Waals surface area contributed by atoms with Crippen LogP contribution in [0.25, 0.3) is 0 Å². The molecule has 4 N–H and O–H groups in total. The molecule has 0 saturated carbocycles. The van der Waals surface area contributed by atoms with Crippen molar-refractivity contribution in [2.24, 2.45) is 5.84 Å². The molecule has 0 aliphatic heterocycles. The van der Waals surface area contributed by atoms with E-state index < -0.39 is 0 Å². The molecule has 5 nitrogen and oxygen atoms in total. The number of amides is 1. The molecule has 0 spiro atoms. The van der Waals surface area contributed by atoms with Gasteiger partial charge < -0.3 is 10.7 Å². The summed E-state index contributed by atoms with van der Waals surface area (Å²) in [6, 6.07) is 11.0. The minimum absolute atomic E-state index is 0.243. The molecule has 0 bridgehead atoms. The predicted molar refractivity (Wildman–Crippen MR) is 77.4 cm³/mol. The smallest absolute Gasteiger partial charge is 0.270 e. The summed E-state index contributed by atoms with van der Waals surface area (Å²) in [5, 5.41) is 2.81. The molecule has 0 aliphatic carbocycles. The molecular weight excluding hydrogens is 308 g/mol. The zero-order valence-electron chi connectivity index (χ0n) is 10.1. The number of hydrogen-bond donors (Lipinski definition) is 3. The molecule has 0 unspecified atom stereocenters. The Bertz CT molecular complexity index is 588. The number of nitrogens with one attached hydrogen (secondary N) is 2. The van der Waals surface area contributed by atoms with Gasteiger partial charge in [-0.1, -0.05) is 34.1 Å². The lowest BCUT2D eigenvalue weighted by Gasteiger charge is -2.07. The van der Waals surface area contributed by atoms with Crippen molar-refractivity contribution in [3.8, 4) is 0 Å². The molecule has 0 radical (unpaired) electrons. The molecule has 6 heteroatoms. The van der Waals surface area contributed by atoms with Crippen LogP contribution in [0.15, 0.2) is 47.1 Å². The van der Waals surface area contributed by atoms with E-state index in [0.717, 1.165) is 10.0 Å². The van der Waals surface area contributed by atoms with Crippen molar-refractivity contribution >= 4 is 27.5 Å². The molecule has 1 aromatic heterocycles. The van der Waals surface area contributed by atoms with Crippen LogP contribution in [0, 0.1) is 0 Å². The maximum Gasteiger partial charge on any atom is 0.270 e. The van der Waals surface area contributed by atoms with Crippen LogP contribution in [-0.2, 0) is 6.54 Å². The first-order valence-corrected chi connectivity index (χ1v) is 6.44. The fourth-order valence-electron chi connectivity index (χ4n) is 1.55. The van der Waals surface area contributed by atoms with Gasteiger partial charge in [0.25, 0.3) is 5.91 Å². The number of anilines is 1. The van der Waals surface area contributed by atoms with Gasteiger partial charge in [-0.15, -0.1) is 0 Å². The number of carbonyl (C=O) groups is 1. The van der Waals surface area contributed by atoms with Crippen molar-refractivity contribution in [3.05, 3.63) is 58.3 Å². The van der Waals surface area contributed by atoms with Gasteiger partial charge in [0, 0.05) is 17.2 Å². The Morgan fingerprint density at radius 1 is 1.32 bits per heavy atom. The van der Waals surface area contributed by atoms with Gasteiger partial charge >= 0.3 is 0 Å². The van der Waals surface area contributed by atoms with E-state index in [-0.39, 0.29) is 5.91 Å². The third-order valence-corrected chi connectivity index (χ3v) is 3.33. The number of aromatic nitrogens is 1. The largest absolute Gasteiger partial charge is 0.347 e. The van der Waals surface area contributed by atoms with E-state index in [1.807, 2.05) is 24.3 Å². The highest BCUT2D eigenvalue weighted by atomic mass is 79.9. The average molecular weight is 321 g/mol. The Morgan fingerprint density at radius 2 is 2.11 bits per heavy atom. The van der Waals surface area contributed by atoms with Crippen LogP contribution in [0.1, 0.15) is 16.1 Å². The number of benzene rings is 1. The van der Waals surface area contributed by atoms with Crippen molar-refractivity contribution < 1.29 is 4.79 Å². The van der Waals surface area contributed by atoms with Crippen LogP contribution in [0.2, 0.25) is 0 Å². The van der Waals surface area contributed by atoms with Gasteiger partial charge in [0.2, 0.25) is 0 Å². The molecule has 1 amide bonds. The summed E-state index contributed by atoms with van der Waals surface area (Å²) < 4.78 is 0.959. The van der Waals surface area contributed by atoms with Gasteiger partial charge in [-0.3, -0.25) is 15.6 Å². The van der Waals surface area contributed by atoms with Crippen LogP contribution in [0.3, 0.4) is 0 Å². The summed E-state index contributed by atoms with van der Waals surface area (Å²) >= 11 is 3.43. The van der Waals surface area contributed by atoms with E-state index in [4.69, 9.17) is 5.84 Å². The minimum atomic E-state index is -0.243. The predicted octanol–water partition coefficient (Wildman–Crippen LogP) is 2.06. The molecule has 0 saturated heterocycles. The van der Waals surface area contributed by atoms with Crippen LogP contribution in [0.4, 0.5) is 5.69 Å². The number of rotatable bonds is 4. The van der Waals surface area contributed by atoms with E-state index in [1.165, 1.54) is 6.20 Å². The zero-order valence-corrected chi connectivity index (χ0v) is 11.6. The van der Waals surface area contributed by atoms with Gasteiger partial charge in [-0.2, -0.15) is 0 Å². The summed E-state index contributed by atoms with van der Waals surface area (Å²) in [6.07, 6.45) is 1.53. The topological polar surface area (TPSA) is 80.0 Å². The van der Waals surface area contributed by atoms with E-state index in [0.29, 0.717) is 17.9 Å². The number of nitrogens with two attached hydrogens (primary N) is 1. The second-order valence-electron chi connectivity index (χ2n) is 3.85. The van der Waals surface area contributed by atoms with Crippen molar-refractivity contribution in [2.45, 2.75) is 6.54 Å². The van der Waals surface area contributed by atoms with Crippen LogP contribution in [-0.4, -0.2) is 10.9 Å². The highest BCUT2D eigenvalue weighted by Crippen LogP contribution is 2.15. The molecule has 2 aromatic rings. The van der Waals surface area contributed by atoms with E-state index in [1.54, 1.807) is 12.1 Å². The second kappa shape index (κ2) is 6.31. The number of nitrogen functional groups attached to an aromatic ring is 1. The molecule has 0 aliphatic rings. The molecule has 2 rings (SSSR count). The molecular formula is C13H13BrN4O. The number of hydrazine groups is 1. The zero-order chi connectivity index (χ0) is 13.7. The fraction of sp³-hybridized carbons (Fsp3) is 0.0769. The lowest BCUT2D eigenvalue weighted by atomic mass is 10.2. The Labute approximate surface area is 119 Å². The molecule has 98 valence electrons. The number of hydrogen-bond acceptors (Lipinski definition) is 4. The van der Waals surface area contributed by atoms with Gasteiger partial charge in [-0.25, -0.2) is 0 Å². The molecule has 1 heterocycles. The maximum atomic E-state index is 11.9. The van der Waals surface area contributed by atoms with Crippen molar-refractivity contribution in [3.63, 3.8) is 0 Å². The van der Waals surface area contributed by atoms with E-state index in [2.05, 4.69) is 31.7 Å². The Morgan fingerprint density at radius 3 is 2.84 bits per heavy atom. The van der Waals surface area contributed by atoms with Gasteiger partial charge in [0.15, 0.2) is 0 Å². The molecule has 19 heavy (non-hydrogen) atoms. The fourth-order valence-corrected chi connectivity index (χ4v) is 1.98. The summed E-state index contributed by atoms with van der Waals surface area (Å²) in [5.41, 5.74) is 4.44. The Kier molecular flexibility index (Phi) is 4.48. The van der Waals surface area contributed by atoms with Gasteiger partial charge in [0.05, 0.1) is 5.69 Å².